The first-order valence-corrected chi connectivity index (χ1v) is 13.0. The lowest BCUT2D eigenvalue weighted by atomic mass is 9.98. The Morgan fingerprint density at radius 2 is 1.74 bits per heavy atom. The van der Waals surface area contributed by atoms with Crippen LogP contribution in [0, 0.1) is 0 Å². The van der Waals surface area contributed by atoms with Gasteiger partial charge in [0, 0.05) is 17.7 Å². The number of benzene rings is 2. The van der Waals surface area contributed by atoms with Crippen molar-refractivity contribution in [3.05, 3.63) is 53.6 Å². The predicted octanol–water partition coefficient (Wildman–Crippen LogP) is 2.58. The molecule has 1 atom stereocenters. The molecule has 0 bridgehead atoms. The summed E-state index contributed by atoms with van der Waals surface area (Å²) in [6.07, 6.45) is 1.39. The summed E-state index contributed by atoms with van der Waals surface area (Å²) in [5, 5.41) is 4.42. The van der Waals surface area contributed by atoms with Crippen molar-refractivity contribution in [1.82, 2.24) is 4.41 Å². The van der Waals surface area contributed by atoms with Crippen molar-refractivity contribution in [2.24, 2.45) is 5.10 Å². The van der Waals surface area contributed by atoms with Gasteiger partial charge in [-0.2, -0.15) is 9.52 Å². The number of anilines is 1. The van der Waals surface area contributed by atoms with E-state index in [9.17, 15) is 16.8 Å². The number of rotatable bonds is 8. The maximum absolute atomic E-state index is 12.8. The topological polar surface area (TPSA) is 114 Å². The molecule has 11 heteroatoms. The zero-order chi connectivity index (χ0) is 22.8. The number of nitrogens with zero attached hydrogens (tertiary/aromatic N) is 2. The Kier molecular flexibility index (Phi) is 6.46. The Bertz CT molecular complexity index is 1190. The average molecular weight is 468 g/mol. The van der Waals surface area contributed by atoms with Gasteiger partial charge in [0.1, 0.15) is 11.5 Å². The van der Waals surface area contributed by atoms with Gasteiger partial charge in [0.15, 0.2) is 0 Å². The maximum Gasteiger partial charge on any atom is 0.250 e. The van der Waals surface area contributed by atoms with Crippen LogP contribution in [0.4, 0.5) is 5.69 Å². The molecular weight excluding hydrogens is 442 g/mol. The van der Waals surface area contributed by atoms with E-state index in [2.05, 4.69) is 9.82 Å². The first kappa shape index (κ1) is 22.9. The molecular formula is C20H25N3O6S2. The van der Waals surface area contributed by atoms with Gasteiger partial charge >= 0.3 is 0 Å². The molecule has 1 aliphatic rings. The highest BCUT2D eigenvalue weighted by molar-refractivity contribution is 7.92. The van der Waals surface area contributed by atoms with Crippen molar-refractivity contribution in [3.8, 4) is 11.5 Å². The van der Waals surface area contributed by atoms with Gasteiger partial charge in [0.25, 0.3) is 0 Å². The van der Waals surface area contributed by atoms with Crippen LogP contribution in [0.25, 0.3) is 0 Å². The van der Waals surface area contributed by atoms with E-state index in [0.29, 0.717) is 40.4 Å². The van der Waals surface area contributed by atoms with Crippen LogP contribution in [-0.4, -0.2) is 53.2 Å². The van der Waals surface area contributed by atoms with Crippen molar-refractivity contribution in [3.63, 3.8) is 0 Å². The van der Waals surface area contributed by atoms with E-state index in [4.69, 9.17) is 9.47 Å². The number of methoxy groups -OCH3 is 2. The second-order valence-corrected chi connectivity index (χ2v) is 10.9. The fourth-order valence-corrected chi connectivity index (χ4v) is 4.96. The van der Waals surface area contributed by atoms with Crippen LogP contribution >= 0.6 is 0 Å². The molecule has 1 N–H and O–H groups in total. The van der Waals surface area contributed by atoms with Gasteiger partial charge in [0.2, 0.25) is 20.0 Å². The van der Waals surface area contributed by atoms with Crippen molar-refractivity contribution in [2.75, 3.05) is 31.0 Å². The maximum atomic E-state index is 12.8. The molecule has 9 nitrogen and oxygen atoms in total. The molecule has 168 valence electrons. The Balaban J connectivity index is 2.01. The minimum atomic E-state index is -3.66. The third kappa shape index (κ3) is 5.10. The van der Waals surface area contributed by atoms with Crippen LogP contribution in [0.15, 0.2) is 47.6 Å². The molecule has 3 rings (SSSR count). The van der Waals surface area contributed by atoms with Gasteiger partial charge in [-0.05, 0) is 42.8 Å². The summed E-state index contributed by atoms with van der Waals surface area (Å²) < 4.78 is 62.7. The summed E-state index contributed by atoms with van der Waals surface area (Å²) in [5.41, 5.74) is 2.32. The van der Waals surface area contributed by atoms with E-state index in [1.165, 1.54) is 14.2 Å². The van der Waals surface area contributed by atoms with E-state index in [0.717, 1.165) is 10.7 Å². The molecule has 0 saturated carbocycles. The number of hydrogen-bond donors (Lipinski definition) is 1. The molecule has 0 amide bonds. The molecule has 2 aromatic carbocycles. The Morgan fingerprint density at radius 1 is 1.06 bits per heavy atom. The highest BCUT2D eigenvalue weighted by atomic mass is 32.2. The largest absolute Gasteiger partial charge is 0.497 e. The molecule has 0 spiro atoms. The number of nitrogens with one attached hydrogen (secondary N) is 1. The van der Waals surface area contributed by atoms with E-state index < -0.39 is 26.1 Å². The summed E-state index contributed by atoms with van der Waals surface area (Å²) in [4.78, 5) is 0. The van der Waals surface area contributed by atoms with E-state index in [1.807, 2.05) is 0 Å². The van der Waals surface area contributed by atoms with Crippen LogP contribution in [0.2, 0.25) is 0 Å². The summed E-state index contributed by atoms with van der Waals surface area (Å²) in [5.74, 6) is 1.00. The Hall–Kier alpha value is -2.79. The van der Waals surface area contributed by atoms with Gasteiger partial charge in [0.05, 0.1) is 38.0 Å². The molecule has 0 aliphatic carbocycles. The van der Waals surface area contributed by atoms with E-state index in [-0.39, 0.29) is 5.75 Å². The lowest BCUT2D eigenvalue weighted by Gasteiger charge is -2.24. The smallest absolute Gasteiger partial charge is 0.250 e. The SMILES string of the molecule is CCS(=O)(=O)N1N=C(c2ccc(NS(C)(=O)=O)cc2)C[C@@H]1c1cc(OC)ccc1OC. The first-order chi connectivity index (χ1) is 14.6. The number of hydrogen-bond acceptors (Lipinski definition) is 7. The number of ether oxygens (including phenoxy) is 2. The zero-order valence-corrected chi connectivity index (χ0v) is 19.3. The highest BCUT2D eigenvalue weighted by Gasteiger charge is 2.37. The fourth-order valence-electron chi connectivity index (χ4n) is 3.33. The van der Waals surface area contributed by atoms with Gasteiger partial charge in [-0.3, -0.25) is 4.72 Å². The standard InChI is InChI=1S/C20H25N3O6S2/c1-5-31(26,27)23-19(17-12-16(28-2)10-11-20(17)29-3)13-18(21-23)14-6-8-15(9-7-14)22-30(4,24)25/h6-12,19,22H,5,13H2,1-4H3/t19-/m1/s1. The van der Waals surface area contributed by atoms with E-state index >= 15 is 0 Å². The van der Waals surface area contributed by atoms with Gasteiger partial charge in [-0.25, -0.2) is 16.8 Å². The lowest BCUT2D eigenvalue weighted by Crippen LogP contribution is -2.28. The third-order valence-corrected chi connectivity index (χ3v) is 7.08. The Morgan fingerprint density at radius 3 is 2.29 bits per heavy atom. The normalized spacial score (nSPS) is 16.7. The summed E-state index contributed by atoms with van der Waals surface area (Å²) >= 11 is 0. The average Bonchev–Trinajstić information content (AvgIpc) is 3.19. The minimum absolute atomic E-state index is 0.107. The van der Waals surface area contributed by atoms with Crippen molar-refractivity contribution in [1.29, 1.82) is 0 Å². The second kappa shape index (κ2) is 8.75. The number of hydrazone groups is 1. The zero-order valence-electron chi connectivity index (χ0n) is 17.7. The van der Waals surface area contributed by atoms with E-state index in [1.54, 1.807) is 49.4 Å². The van der Waals surface area contributed by atoms with Gasteiger partial charge < -0.3 is 9.47 Å². The third-order valence-electron chi connectivity index (χ3n) is 4.84. The molecule has 0 unspecified atom stereocenters. The molecule has 31 heavy (non-hydrogen) atoms. The Labute approximate surface area is 182 Å². The summed E-state index contributed by atoms with van der Waals surface area (Å²) in [7, 11) is -3.99. The molecule has 1 aliphatic heterocycles. The van der Waals surface area contributed by atoms with Crippen molar-refractivity contribution in [2.45, 2.75) is 19.4 Å². The lowest BCUT2D eigenvalue weighted by molar-refractivity contribution is 0.347. The van der Waals surface area contributed by atoms with Gasteiger partial charge in [-0.1, -0.05) is 12.1 Å². The van der Waals surface area contributed by atoms with Crippen LogP contribution < -0.4 is 14.2 Å². The quantitative estimate of drug-likeness (QED) is 0.638. The van der Waals surface area contributed by atoms with Crippen LogP contribution in [0.3, 0.4) is 0 Å². The summed E-state index contributed by atoms with van der Waals surface area (Å²) in [6.45, 7) is 1.56. The molecule has 0 fully saturated rings. The number of sulfonamides is 2. The predicted molar refractivity (Wildman–Crippen MR) is 120 cm³/mol. The van der Waals surface area contributed by atoms with Gasteiger partial charge in [-0.15, -0.1) is 0 Å². The molecule has 1 heterocycles. The first-order valence-electron chi connectivity index (χ1n) is 9.47. The van der Waals surface area contributed by atoms with Crippen molar-refractivity contribution >= 4 is 31.4 Å². The van der Waals surface area contributed by atoms with Crippen LogP contribution in [0.1, 0.15) is 30.5 Å². The molecule has 0 aromatic heterocycles. The molecule has 0 radical (unpaired) electrons. The fraction of sp³-hybridized carbons (Fsp3) is 0.350. The molecule has 0 saturated heterocycles. The minimum Gasteiger partial charge on any atom is -0.497 e. The second-order valence-electron chi connectivity index (χ2n) is 7.00. The highest BCUT2D eigenvalue weighted by Crippen LogP contribution is 2.40. The summed E-state index contributed by atoms with van der Waals surface area (Å²) in [6, 6.07) is 11.2. The molecule has 2 aromatic rings. The van der Waals surface area contributed by atoms with Crippen LogP contribution in [-0.2, 0) is 20.0 Å². The van der Waals surface area contributed by atoms with Crippen LogP contribution in [0.5, 0.6) is 11.5 Å². The monoisotopic (exact) mass is 467 g/mol. The van der Waals surface area contributed by atoms with Crippen molar-refractivity contribution < 1.29 is 26.3 Å².